The summed E-state index contributed by atoms with van der Waals surface area (Å²) in [6, 6.07) is 11.8. The molecular weight excluding hydrogens is 270 g/mol. The summed E-state index contributed by atoms with van der Waals surface area (Å²) in [5.74, 6) is 1.41. The smallest absolute Gasteiger partial charge is 0.122 e. The zero-order chi connectivity index (χ0) is 14.4. The van der Waals surface area contributed by atoms with E-state index in [2.05, 4.69) is 11.1 Å². The highest BCUT2D eigenvalue weighted by molar-refractivity contribution is 7.99. The molecule has 2 rings (SSSR count). The first-order valence-electron chi connectivity index (χ1n) is 6.57. The summed E-state index contributed by atoms with van der Waals surface area (Å²) in [6.07, 6.45) is 1.24. The number of aryl methyl sites for hydroxylation is 2. The summed E-state index contributed by atoms with van der Waals surface area (Å²) in [4.78, 5) is 4.21. The topological polar surface area (TPSA) is 42.4 Å². The molecule has 0 aliphatic heterocycles. The molecule has 0 saturated heterocycles. The van der Waals surface area contributed by atoms with Crippen LogP contribution in [-0.4, -0.2) is 28.6 Å². The predicted molar refractivity (Wildman–Crippen MR) is 82.4 cm³/mol. The van der Waals surface area contributed by atoms with Gasteiger partial charge in [0, 0.05) is 11.9 Å². The fourth-order valence-electron chi connectivity index (χ4n) is 1.71. The van der Waals surface area contributed by atoms with E-state index in [9.17, 15) is 5.11 Å². The van der Waals surface area contributed by atoms with Crippen molar-refractivity contribution in [3.05, 3.63) is 53.7 Å². The van der Waals surface area contributed by atoms with E-state index in [1.54, 1.807) is 6.20 Å². The standard InChI is InChI=1S/C16H19NO2S/c1-12-6-7-13(2)15(9-12)19-10-14(18)11-20-16-5-3-4-8-17-16/h3-9,14,18H,10-11H2,1-2H3. The van der Waals surface area contributed by atoms with Crippen LogP contribution in [-0.2, 0) is 0 Å². The quantitative estimate of drug-likeness (QED) is 0.829. The fraction of sp³-hybridized carbons (Fsp3) is 0.312. The van der Waals surface area contributed by atoms with E-state index in [1.807, 2.05) is 44.2 Å². The number of hydrogen-bond acceptors (Lipinski definition) is 4. The Kier molecular flexibility index (Phi) is 5.44. The van der Waals surface area contributed by atoms with E-state index in [-0.39, 0.29) is 0 Å². The van der Waals surface area contributed by atoms with Gasteiger partial charge in [0.15, 0.2) is 0 Å². The highest BCUT2D eigenvalue weighted by Gasteiger charge is 2.08. The molecule has 0 aliphatic rings. The minimum atomic E-state index is -0.512. The molecule has 1 heterocycles. The first-order valence-corrected chi connectivity index (χ1v) is 7.55. The van der Waals surface area contributed by atoms with Crippen molar-refractivity contribution in [3.8, 4) is 5.75 Å². The van der Waals surface area contributed by atoms with E-state index >= 15 is 0 Å². The van der Waals surface area contributed by atoms with Gasteiger partial charge in [-0.25, -0.2) is 4.98 Å². The molecule has 3 nitrogen and oxygen atoms in total. The summed E-state index contributed by atoms with van der Waals surface area (Å²) in [5, 5.41) is 10.9. The molecule has 4 heteroatoms. The SMILES string of the molecule is Cc1ccc(C)c(OCC(O)CSc2ccccn2)c1. The number of aromatic nitrogens is 1. The molecule has 1 unspecified atom stereocenters. The molecule has 20 heavy (non-hydrogen) atoms. The van der Waals surface area contributed by atoms with Crippen molar-refractivity contribution in [2.45, 2.75) is 25.0 Å². The highest BCUT2D eigenvalue weighted by atomic mass is 32.2. The van der Waals surface area contributed by atoms with E-state index < -0.39 is 6.10 Å². The van der Waals surface area contributed by atoms with E-state index in [4.69, 9.17) is 4.74 Å². The average molecular weight is 289 g/mol. The third-order valence-corrected chi connectivity index (χ3v) is 3.92. The third kappa shape index (κ3) is 4.54. The summed E-state index contributed by atoms with van der Waals surface area (Å²) in [5.41, 5.74) is 2.24. The van der Waals surface area contributed by atoms with Crippen LogP contribution in [0.2, 0.25) is 0 Å². The monoisotopic (exact) mass is 289 g/mol. The van der Waals surface area contributed by atoms with Gasteiger partial charge in [-0.2, -0.15) is 0 Å². The van der Waals surface area contributed by atoms with Gasteiger partial charge in [-0.05, 0) is 43.2 Å². The third-order valence-electron chi connectivity index (χ3n) is 2.84. The number of aliphatic hydroxyl groups is 1. The Hall–Kier alpha value is -1.52. The second kappa shape index (κ2) is 7.31. The molecule has 0 aliphatic carbocycles. The van der Waals surface area contributed by atoms with Crippen LogP contribution in [0.4, 0.5) is 0 Å². The number of pyridine rings is 1. The van der Waals surface area contributed by atoms with Crippen LogP contribution in [0, 0.1) is 13.8 Å². The molecule has 1 aromatic carbocycles. The lowest BCUT2D eigenvalue weighted by atomic mass is 10.1. The van der Waals surface area contributed by atoms with Gasteiger partial charge >= 0.3 is 0 Å². The zero-order valence-corrected chi connectivity index (χ0v) is 12.6. The van der Waals surface area contributed by atoms with Crippen LogP contribution in [0.5, 0.6) is 5.75 Å². The first kappa shape index (κ1) is 14.9. The van der Waals surface area contributed by atoms with Crippen molar-refractivity contribution in [1.29, 1.82) is 0 Å². The number of thioether (sulfide) groups is 1. The Labute approximate surface area is 124 Å². The zero-order valence-electron chi connectivity index (χ0n) is 11.7. The van der Waals surface area contributed by atoms with Crippen LogP contribution in [0.1, 0.15) is 11.1 Å². The largest absolute Gasteiger partial charge is 0.491 e. The van der Waals surface area contributed by atoms with Crippen LogP contribution in [0.15, 0.2) is 47.6 Å². The van der Waals surface area contributed by atoms with E-state index in [0.29, 0.717) is 12.4 Å². The predicted octanol–water partition coefficient (Wildman–Crippen LogP) is 3.23. The molecular formula is C16H19NO2S. The summed E-state index contributed by atoms with van der Waals surface area (Å²) >= 11 is 1.53. The van der Waals surface area contributed by atoms with Crippen molar-refractivity contribution in [1.82, 2.24) is 4.98 Å². The van der Waals surface area contributed by atoms with Crippen molar-refractivity contribution in [2.75, 3.05) is 12.4 Å². The van der Waals surface area contributed by atoms with Crippen LogP contribution < -0.4 is 4.74 Å². The molecule has 1 atom stereocenters. The second-order valence-electron chi connectivity index (χ2n) is 4.71. The average Bonchev–Trinajstić information content (AvgIpc) is 2.47. The normalized spacial score (nSPS) is 12.2. The van der Waals surface area contributed by atoms with Gasteiger partial charge in [0.2, 0.25) is 0 Å². The van der Waals surface area contributed by atoms with Crippen molar-refractivity contribution in [2.24, 2.45) is 0 Å². The molecule has 0 amide bonds. The minimum absolute atomic E-state index is 0.296. The summed E-state index contributed by atoms with van der Waals surface area (Å²) < 4.78 is 5.68. The van der Waals surface area contributed by atoms with Gasteiger partial charge in [-0.1, -0.05) is 18.2 Å². The number of hydrogen-bond donors (Lipinski definition) is 1. The first-order chi connectivity index (χ1) is 9.65. The molecule has 2 aromatic rings. The number of rotatable bonds is 6. The van der Waals surface area contributed by atoms with Crippen LogP contribution in [0.25, 0.3) is 0 Å². The number of aliphatic hydroxyl groups excluding tert-OH is 1. The number of benzene rings is 1. The van der Waals surface area contributed by atoms with E-state index in [1.165, 1.54) is 11.8 Å². The molecule has 1 aromatic heterocycles. The lowest BCUT2D eigenvalue weighted by molar-refractivity contribution is 0.126. The Morgan fingerprint density at radius 2 is 2.10 bits per heavy atom. The Balaban J connectivity index is 1.80. The fourth-order valence-corrected chi connectivity index (χ4v) is 2.48. The van der Waals surface area contributed by atoms with Gasteiger partial charge in [-0.15, -0.1) is 11.8 Å². The molecule has 1 N–H and O–H groups in total. The minimum Gasteiger partial charge on any atom is -0.491 e. The Bertz CT molecular complexity index is 545. The van der Waals surface area contributed by atoms with Crippen molar-refractivity contribution in [3.63, 3.8) is 0 Å². The number of ether oxygens (including phenoxy) is 1. The van der Waals surface area contributed by atoms with Crippen LogP contribution >= 0.6 is 11.8 Å². The summed E-state index contributed by atoms with van der Waals surface area (Å²) in [7, 11) is 0. The van der Waals surface area contributed by atoms with E-state index in [0.717, 1.165) is 21.9 Å². The highest BCUT2D eigenvalue weighted by Crippen LogP contribution is 2.20. The van der Waals surface area contributed by atoms with Crippen molar-refractivity contribution < 1.29 is 9.84 Å². The van der Waals surface area contributed by atoms with Gasteiger partial charge < -0.3 is 9.84 Å². The maximum Gasteiger partial charge on any atom is 0.122 e. The molecule has 0 saturated carbocycles. The molecule has 106 valence electrons. The molecule has 0 radical (unpaired) electrons. The molecule has 0 spiro atoms. The number of nitrogens with zero attached hydrogens (tertiary/aromatic N) is 1. The lowest BCUT2D eigenvalue weighted by Crippen LogP contribution is -2.20. The molecule has 0 fully saturated rings. The maximum absolute atomic E-state index is 9.96. The summed E-state index contributed by atoms with van der Waals surface area (Å²) in [6.45, 7) is 4.33. The van der Waals surface area contributed by atoms with Crippen LogP contribution in [0.3, 0.4) is 0 Å². The van der Waals surface area contributed by atoms with Gasteiger partial charge in [0.25, 0.3) is 0 Å². The Morgan fingerprint density at radius 3 is 2.85 bits per heavy atom. The molecule has 0 bridgehead atoms. The van der Waals surface area contributed by atoms with Gasteiger partial charge in [-0.3, -0.25) is 0 Å². The lowest BCUT2D eigenvalue weighted by Gasteiger charge is -2.14. The second-order valence-corrected chi connectivity index (χ2v) is 5.75. The maximum atomic E-state index is 9.96. The van der Waals surface area contributed by atoms with Crippen molar-refractivity contribution >= 4 is 11.8 Å². The van der Waals surface area contributed by atoms with Gasteiger partial charge in [0.05, 0.1) is 11.1 Å². The van der Waals surface area contributed by atoms with Gasteiger partial charge in [0.1, 0.15) is 12.4 Å². The Morgan fingerprint density at radius 1 is 1.25 bits per heavy atom.